The smallest absolute Gasteiger partial charge is 0.224 e. The fourth-order valence-corrected chi connectivity index (χ4v) is 2.03. The molecule has 19 heavy (non-hydrogen) atoms. The molecule has 2 aromatic rings. The molecule has 0 radical (unpaired) electrons. The van der Waals surface area contributed by atoms with Gasteiger partial charge in [0, 0.05) is 12.1 Å². The second-order valence-electron chi connectivity index (χ2n) is 4.93. The van der Waals surface area contributed by atoms with Crippen molar-refractivity contribution in [3.63, 3.8) is 0 Å². The molecule has 2 rings (SSSR count). The Hall–Kier alpha value is -2.09. The molecule has 1 N–H and O–H groups in total. The highest BCUT2D eigenvalue weighted by molar-refractivity contribution is 5.91. The Morgan fingerprint density at radius 1 is 1.05 bits per heavy atom. The first-order valence-corrected chi connectivity index (χ1v) is 6.56. The van der Waals surface area contributed by atoms with Crippen LogP contribution in [-0.4, -0.2) is 5.91 Å². The fourth-order valence-electron chi connectivity index (χ4n) is 2.03. The summed E-state index contributed by atoms with van der Waals surface area (Å²) in [6, 6.07) is 18.0. The lowest BCUT2D eigenvalue weighted by atomic mass is 9.97. The number of nitrogens with one attached hydrogen (secondary N) is 1. The molecular weight excluding hydrogens is 234 g/mol. The van der Waals surface area contributed by atoms with E-state index in [2.05, 4.69) is 24.4 Å². The molecular formula is C17H19NO. The van der Waals surface area contributed by atoms with E-state index in [4.69, 9.17) is 0 Å². The number of carbonyl (C=O) groups is 1. The summed E-state index contributed by atoms with van der Waals surface area (Å²) in [5.41, 5.74) is 3.24. The van der Waals surface area contributed by atoms with Gasteiger partial charge in [-0.15, -0.1) is 0 Å². The van der Waals surface area contributed by atoms with Gasteiger partial charge in [-0.2, -0.15) is 0 Å². The molecule has 0 saturated heterocycles. The molecule has 0 fully saturated rings. The van der Waals surface area contributed by atoms with Crippen molar-refractivity contribution in [1.29, 1.82) is 0 Å². The van der Waals surface area contributed by atoms with Gasteiger partial charge in [0.05, 0.1) is 0 Å². The topological polar surface area (TPSA) is 29.1 Å². The van der Waals surface area contributed by atoms with Crippen LogP contribution in [0.25, 0.3) is 0 Å². The minimum atomic E-state index is 0.0557. The van der Waals surface area contributed by atoms with Crippen molar-refractivity contribution in [3.05, 3.63) is 65.7 Å². The van der Waals surface area contributed by atoms with Crippen LogP contribution >= 0.6 is 0 Å². The quantitative estimate of drug-likeness (QED) is 0.872. The third-order valence-corrected chi connectivity index (χ3v) is 3.20. The zero-order valence-corrected chi connectivity index (χ0v) is 11.4. The molecule has 98 valence electrons. The number of hydrogen-bond acceptors (Lipinski definition) is 1. The van der Waals surface area contributed by atoms with E-state index >= 15 is 0 Å². The Balaban J connectivity index is 1.93. The number of hydrogen-bond donors (Lipinski definition) is 1. The van der Waals surface area contributed by atoms with Gasteiger partial charge in [-0.1, -0.05) is 55.0 Å². The lowest BCUT2D eigenvalue weighted by molar-refractivity contribution is -0.116. The largest absolute Gasteiger partial charge is 0.326 e. The summed E-state index contributed by atoms with van der Waals surface area (Å²) >= 11 is 0. The number of rotatable bonds is 4. The molecule has 0 aromatic heterocycles. The van der Waals surface area contributed by atoms with E-state index in [9.17, 15) is 4.79 Å². The van der Waals surface area contributed by atoms with Gasteiger partial charge in [-0.05, 0) is 30.5 Å². The predicted molar refractivity (Wildman–Crippen MR) is 79.3 cm³/mol. The normalized spacial score (nSPS) is 11.9. The minimum Gasteiger partial charge on any atom is -0.326 e. The first-order valence-electron chi connectivity index (χ1n) is 6.56. The summed E-state index contributed by atoms with van der Waals surface area (Å²) < 4.78 is 0. The van der Waals surface area contributed by atoms with E-state index in [-0.39, 0.29) is 11.8 Å². The molecule has 0 heterocycles. The van der Waals surface area contributed by atoms with Gasteiger partial charge in [0.25, 0.3) is 0 Å². The summed E-state index contributed by atoms with van der Waals surface area (Å²) in [5, 5.41) is 2.93. The highest BCUT2D eigenvalue weighted by Gasteiger charge is 2.10. The van der Waals surface area contributed by atoms with E-state index in [0.717, 1.165) is 5.69 Å². The Bertz CT molecular complexity index is 531. The molecule has 2 nitrogen and oxygen atoms in total. The van der Waals surface area contributed by atoms with Crippen LogP contribution in [0.15, 0.2) is 54.6 Å². The third-order valence-electron chi connectivity index (χ3n) is 3.20. The van der Waals surface area contributed by atoms with Gasteiger partial charge < -0.3 is 5.32 Å². The van der Waals surface area contributed by atoms with Gasteiger partial charge in [0.1, 0.15) is 0 Å². The summed E-state index contributed by atoms with van der Waals surface area (Å²) in [5.74, 6) is 0.284. The van der Waals surface area contributed by atoms with Crippen molar-refractivity contribution in [2.45, 2.75) is 26.2 Å². The number of aryl methyl sites for hydroxylation is 1. The second-order valence-corrected chi connectivity index (χ2v) is 4.93. The predicted octanol–water partition coefficient (Wildman–Crippen LogP) is 4.13. The van der Waals surface area contributed by atoms with Crippen LogP contribution < -0.4 is 5.32 Å². The SMILES string of the molecule is Cc1ccc(NC(=O)C[C@H](C)c2ccccc2)cc1. The Morgan fingerprint density at radius 3 is 2.32 bits per heavy atom. The Morgan fingerprint density at radius 2 is 1.68 bits per heavy atom. The highest BCUT2D eigenvalue weighted by Crippen LogP contribution is 2.19. The van der Waals surface area contributed by atoms with Crippen molar-refractivity contribution in [1.82, 2.24) is 0 Å². The molecule has 0 unspecified atom stereocenters. The molecule has 0 aliphatic heterocycles. The van der Waals surface area contributed by atoms with Crippen LogP contribution in [0.4, 0.5) is 5.69 Å². The monoisotopic (exact) mass is 253 g/mol. The zero-order chi connectivity index (χ0) is 13.7. The summed E-state index contributed by atoms with van der Waals surface area (Å²) in [6.07, 6.45) is 0.498. The molecule has 2 aromatic carbocycles. The van der Waals surface area contributed by atoms with Crippen LogP contribution in [0.2, 0.25) is 0 Å². The van der Waals surface area contributed by atoms with E-state index < -0.39 is 0 Å². The maximum Gasteiger partial charge on any atom is 0.224 e. The number of carbonyl (C=O) groups excluding carboxylic acids is 1. The molecule has 1 amide bonds. The van der Waals surface area contributed by atoms with Gasteiger partial charge in [0.2, 0.25) is 5.91 Å². The van der Waals surface area contributed by atoms with Gasteiger partial charge >= 0.3 is 0 Å². The van der Waals surface area contributed by atoms with Crippen molar-refractivity contribution in [2.24, 2.45) is 0 Å². The van der Waals surface area contributed by atoms with Gasteiger partial charge in [-0.3, -0.25) is 4.79 Å². The Labute approximate surface area is 114 Å². The minimum absolute atomic E-state index is 0.0557. The second kappa shape index (κ2) is 6.19. The molecule has 0 aliphatic carbocycles. The van der Waals surface area contributed by atoms with Crippen molar-refractivity contribution >= 4 is 11.6 Å². The molecule has 2 heteroatoms. The first kappa shape index (κ1) is 13.3. The first-order chi connectivity index (χ1) is 9.15. The third kappa shape index (κ3) is 3.95. The lowest BCUT2D eigenvalue weighted by Crippen LogP contribution is -2.14. The molecule has 0 saturated carbocycles. The van der Waals surface area contributed by atoms with E-state index in [1.54, 1.807) is 0 Å². The zero-order valence-electron chi connectivity index (χ0n) is 11.4. The van der Waals surface area contributed by atoms with Crippen molar-refractivity contribution < 1.29 is 4.79 Å². The summed E-state index contributed by atoms with van der Waals surface area (Å²) in [6.45, 7) is 4.10. The summed E-state index contributed by atoms with van der Waals surface area (Å²) in [7, 11) is 0. The molecule has 0 aliphatic rings. The Kier molecular flexibility index (Phi) is 4.35. The van der Waals surface area contributed by atoms with E-state index in [0.29, 0.717) is 6.42 Å². The van der Waals surface area contributed by atoms with Crippen LogP contribution in [0, 0.1) is 6.92 Å². The average molecular weight is 253 g/mol. The number of benzene rings is 2. The van der Waals surface area contributed by atoms with E-state index in [1.807, 2.05) is 49.4 Å². The van der Waals surface area contributed by atoms with E-state index in [1.165, 1.54) is 11.1 Å². The number of amides is 1. The van der Waals surface area contributed by atoms with Gasteiger partial charge in [-0.25, -0.2) is 0 Å². The van der Waals surface area contributed by atoms with Crippen LogP contribution in [0.3, 0.4) is 0 Å². The van der Waals surface area contributed by atoms with Crippen molar-refractivity contribution in [2.75, 3.05) is 5.32 Å². The average Bonchev–Trinajstić information content (AvgIpc) is 2.42. The molecule has 0 spiro atoms. The maximum atomic E-state index is 12.0. The number of anilines is 1. The van der Waals surface area contributed by atoms with Crippen LogP contribution in [-0.2, 0) is 4.79 Å². The summed E-state index contributed by atoms with van der Waals surface area (Å²) in [4.78, 5) is 12.0. The molecule has 0 bridgehead atoms. The highest BCUT2D eigenvalue weighted by atomic mass is 16.1. The lowest BCUT2D eigenvalue weighted by Gasteiger charge is -2.12. The fraction of sp³-hybridized carbons (Fsp3) is 0.235. The van der Waals surface area contributed by atoms with Gasteiger partial charge in [0.15, 0.2) is 0 Å². The maximum absolute atomic E-state index is 12.0. The van der Waals surface area contributed by atoms with Crippen molar-refractivity contribution in [3.8, 4) is 0 Å². The molecule has 1 atom stereocenters. The van der Waals surface area contributed by atoms with Crippen LogP contribution in [0.5, 0.6) is 0 Å². The van der Waals surface area contributed by atoms with Crippen LogP contribution in [0.1, 0.15) is 30.4 Å². The standard InChI is InChI=1S/C17H19NO/c1-13-8-10-16(11-9-13)18-17(19)12-14(2)15-6-4-3-5-7-15/h3-11,14H,12H2,1-2H3,(H,18,19)/t14-/m0/s1.